The molecule has 0 heterocycles. The van der Waals surface area contributed by atoms with Gasteiger partial charge in [-0.2, -0.15) is 4.31 Å². The Morgan fingerprint density at radius 3 is 2.58 bits per heavy atom. The Bertz CT molecular complexity index is 556. The molecular weight excluding hydrogens is 297 g/mol. The lowest BCUT2D eigenvalue weighted by Gasteiger charge is -2.20. The van der Waals surface area contributed by atoms with Gasteiger partial charge in [0.1, 0.15) is 17.3 Å². The van der Waals surface area contributed by atoms with Crippen LogP contribution in [-0.2, 0) is 14.8 Å². The van der Waals surface area contributed by atoms with Crippen molar-refractivity contribution in [3.8, 4) is 0 Å². The monoisotopic (exact) mass is 309 g/mol. The van der Waals surface area contributed by atoms with Gasteiger partial charge in [-0.3, -0.25) is 4.79 Å². The zero-order chi connectivity index (χ0) is 14.6. The van der Waals surface area contributed by atoms with Crippen LogP contribution >= 0.6 is 11.6 Å². The second kappa shape index (κ2) is 6.31. The average Bonchev–Trinajstić information content (AvgIpc) is 2.27. The lowest BCUT2D eigenvalue weighted by molar-refractivity contribution is -0.137. The number of carbonyl (C=O) groups is 1. The number of rotatable bonds is 6. The van der Waals surface area contributed by atoms with Gasteiger partial charge in [-0.1, -0.05) is 24.6 Å². The Balaban J connectivity index is 3.30. The number of hydrogen-bond donors (Lipinski definition) is 1. The van der Waals surface area contributed by atoms with Crippen LogP contribution in [0.2, 0.25) is 5.02 Å². The molecular formula is C11H13ClFNO4S. The molecule has 0 unspecified atom stereocenters. The van der Waals surface area contributed by atoms with Gasteiger partial charge in [0.05, 0.1) is 5.02 Å². The van der Waals surface area contributed by atoms with Crippen molar-refractivity contribution in [3.63, 3.8) is 0 Å². The van der Waals surface area contributed by atoms with E-state index in [2.05, 4.69) is 0 Å². The maximum absolute atomic E-state index is 13.6. The van der Waals surface area contributed by atoms with Gasteiger partial charge < -0.3 is 5.11 Å². The predicted molar refractivity (Wildman–Crippen MR) is 68.1 cm³/mol. The average molecular weight is 310 g/mol. The van der Waals surface area contributed by atoms with Crippen LogP contribution in [0.3, 0.4) is 0 Å². The van der Waals surface area contributed by atoms with Crippen molar-refractivity contribution in [3.05, 3.63) is 29.0 Å². The summed E-state index contributed by atoms with van der Waals surface area (Å²) in [4.78, 5) is 10.0. The molecule has 1 rings (SSSR count). The molecule has 0 aliphatic heterocycles. The lowest BCUT2D eigenvalue weighted by Crippen LogP contribution is -2.36. The van der Waals surface area contributed by atoms with E-state index in [-0.39, 0.29) is 11.6 Å². The first kappa shape index (κ1) is 15.9. The van der Waals surface area contributed by atoms with Crippen molar-refractivity contribution >= 4 is 27.6 Å². The van der Waals surface area contributed by atoms with Crippen LogP contribution in [0.1, 0.15) is 13.3 Å². The minimum absolute atomic E-state index is 0.0285. The number of nitrogens with zero attached hydrogens (tertiary/aromatic N) is 1. The van der Waals surface area contributed by atoms with Gasteiger partial charge in [0, 0.05) is 6.54 Å². The summed E-state index contributed by atoms with van der Waals surface area (Å²) in [5.74, 6) is -2.32. The summed E-state index contributed by atoms with van der Waals surface area (Å²) in [6.07, 6.45) is 0.401. The molecule has 0 aliphatic carbocycles. The second-order valence-electron chi connectivity index (χ2n) is 3.78. The van der Waals surface area contributed by atoms with E-state index < -0.39 is 33.3 Å². The van der Waals surface area contributed by atoms with Crippen LogP contribution in [0.15, 0.2) is 23.1 Å². The fraction of sp³-hybridized carbons (Fsp3) is 0.364. The summed E-state index contributed by atoms with van der Waals surface area (Å²) in [5.41, 5.74) is 0. The normalized spacial score (nSPS) is 11.8. The first-order valence-corrected chi connectivity index (χ1v) is 7.28. The fourth-order valence-corrected chi connectivity index (χ4v) is 3.59. The van der Waals surface area contributed by atoms with E-state index in [1.165, 1.54) is 12.1 Å². The van der Waals surface area contributed by atoms with Gasteiger partial charge >= 0.3 is 5.97 Å². The Labute approximate surface area is 115 Å². The molecule has 0 fully saturated rings. The summed E-state index contributed by atoms with van der Waals surface area (Å²) < 4.78 is 38.8. The molecule has 0 saturated heterocycles. The SMILES string of the molecule is CCCN(CC(=O)O)S(=O)(=O)c1c(F)cccc1Cl. The van der Waals surface area contributed by atoms with Crippen molar-refractivity contribution in [1.82, 2.24) is 4.31 Å². The standard InChI is InChI=1S/C11H13ClFNO4S/c1-2-6-14(7-10(15)16)19(17,18)11-8(12)4-3-5-9(11)13/h3-5H,2,6-7H2,1H3,(H,15,16). The molecule has 19 heavy (non-hydrogen) atoms. The first-order valence-electron chi connectivity index (χ1n) is 5.46. The molecule has 8 heteroatoms. The number of carboxylic acids is 1. The van der Waals surface area contributed by atoms with Crippen molar-refractivity contribution in [2.45, 2.75) is 18.2 Å². The highest BCUT2D eigenvalue weighted by Gasteiger charge is 2.30. The zero-order valence-corrected chi connectivity index (χ0v) is 11.7. The summed E-state index contributed by atoms with van der Waals surface area (Å²) in [6, 6.07) is 3.48. The molecule has 0 saturated carbocycles. The minimum Gasteiger partial charge on any atom is -0.480 e. The second-order valence-corrected chi connectivity index (χ2v) is 6.07. The van der Waals surface area contributed by atoms with Crippen LogP contribution in [0.25, 0.3) is 0 Å². The van der Waals surface area contributed by atoms with Gasteiger partial charge in [0.15, 0.2) is 0 Å². The van der Waals surface area contributed by atoms with Crippen molar-refractivity contribution in [2.24, 2.45) is 0 Å². The van der Waals surface area contributed by atoms with Crippen LogP contribution in [-0.4, -0.2) is 36.9 Å². The highest BCUT2D eigenvalue weighted by atomic mass is 35.5. The molecule has 1 aromatic carbocycles. The molecule has 0 radical (unpaired) electrons. The third kappa shape index (κ3) is 3.65. The van der Waals surface area contributed by atoms with E-state index in [1.807, 2.05) is 0 Å². The van der Waals surface area contributed by atoms with E-state index >= 15 is 0 Å². The van der Waals surface area contributed by atoms with Crippen molar-refractivity contribution in [1.29, 1.82) is 0 Å². The Morgan fingerprint density at radius 1 is 1.47 bits per heavy atom. The maximum atomic E-state index is 13.6. The molecule has 0 spiro atoms. The number of aliphatic carboxylic acids is 1. The van der Waals surface area contributed by atoms with Gasteiger partial charge in [0.25, 0.3) is 0 Å². The lowest BCUT2D eigenvalue weighted by atomic mass is 10.3. The molecule has 1 aromatic rings. The molecule has 5 nitrogen and oxygen atoms in total. The van der Waals surface area contributed by atoms with Gasteiger partial charge in [-0.15, -0.1) is 0 Å². The number of halogens is 2. The highest BCUT2D eigenvalue weighted by molar-refractivity contribution is 7.89. The van der Waals surface area contributed by atoms with Crippen LogP contribution in [0.4, 0.5) is 4.39 Å². The van der Waals surface area contributed by atoms with Gasteiger partial charge in [0.2, 0.25) is 10.0 Å². The molecule has 0 aliphatic rings. The number of sulfonamides is 1. The summed E-state index contributed by atoms with van der Waals surface area (Å²) in [7, 11) is -4.27. The highest BCUT2D eigenvalue weighted by Crippen LogP contribution is 2.27. The Hall–Kier alpha value is -1.18. The molecule has 0 bridgehead atoms. The molecule has 0 atom stereocenters. The molecule has 1 N–H and O–H groups in total. The Morgan fingerprint density at radius 2 is 2.11 bits per heavy atom. The molecule has 106 valence electrons. The number of carboxylic acid groups (broad SMARTS) is 1. The number of hydrogen-bond acceptors (Lipinski definition) is 3. The molecule has 0 aromatic heterocycles. The topological polar surface area (TPSA) is 74.7 Å². The van der Waals surface area contributed by atoms with Crippen LogP contribution in [0.5, 0.6) is 0 Å². The zero-order valence-electron chi connectivity index (χ0n) is 10.1. The quantitative estimate of drug-likeness (QED) is 0.871. The minimum atomic E-state index is -4.27. The van der Waals surface area contributed by atoms with E-state index in [9.17, 15) is 17.6 Å². The van der Waals surface area contributed by atoms with Crippen molar-refractivity contribution in [2.75, 3.05) is 13.1 Å². The first-order chi connectivity index (χ1) is 8.80. The largest absolute Gasteiger partial charge is 0.480 e. The van der Waals surface area contributed by atoms with E-state index in [0.29, 0.717) is 10.7 Å². The fourth-order valence-electron chi connectivity index (χ4n) is 1.54. The maximum Gasteiger partial charge on any atom is 0.318 e. The van der Waals surface area contributed by atoms with E-state index in [1.54, 1.807) is 6.92 Å². The van der Waals surface area contributed by atoms with Gasteiger partial charge in [-0.05, 0) is 18.6 Å². The Kier molecular flexibility index (Phi) is 5.28. The van der Waals surface area contributed by atoms with Crippen LogP contribution < -0.4 is 0 Å². The summed E-state index contributed by atoms with van der Waals surface area (Å²) in [5, 5.41) is 8.45. The van der Waals surface area contributed by atoms with Crippen LogP contribution in [0, 0.1) is 5.82 Å². The third-order valence-corrected chi connectivity index (χ3v) is 4.65. The third-order valence-electron chi connectivity index (χ3n) is 2.30. The van der Waals surface area contributed by atoms with Gasteiger partial charge in [-0.25, -0.2) is 12.8 Å². The molecule has 0 amide bonds. The summed E-state index contributed by atoms with van der Waals surface area (Å²) in [6.45, 7) is 0.924. The number of benzene rings is 1. The smallest absolute Gasteiger partial charge is 0.318 e. The van der Waals surface area contributed by atoms with E-state index in [4.69, 9.17) is 16.7 Å². The summed E-state index contributed by atoms with van der Waals surface area (Å²) >= 11 is 5.70. The predicted octanol–water partition coefficient (Wildman–Crippen LogP) is 1.96. The van der Waals surface area contributed by atoms with Crippen molar-refractivity contribution < 1.29 is 22.7 Å². The van der Waals surface area contributed by atoms with E-state index in [0.717, 1.165) is 6.07 Å².